The quantitative estimate of drug-likeness (QED) is 0.585. The van der Waals surface area contributed by atoms with Crippen molar-refractivity contribution < 1.29 is 14.3 Å². The molecule has 1 aliphatic heterocycles. The number of aromatic amines is 1. The summed E-state index contributed by atoms with van der Waals surface area (Å²) in [5.74, 6) is 0.654. The van der Waals surface area contributed by atoms with Crippen molar-refractivity contribution in [3.63, 3.8) is 0 Å². The largest absolute Gasteiger partial charge is 0.497 e. The van der Waals surface area contributed by atoms with E-state index in [4.69, 9.17) is 15.2 Å². The number of carbonyl (C=O) groups excluding carboxylic acids is 1. The highest BCUT2D eigenvalue weighted by molar-refractivity contribution is 5.94. The van der Waals surface area contributed by atoms with Crippen molar-refractivity contribution in [2.45, 2.75) is 0 Å². The second-order valence-electron chi connectivity index (χ2n) is 7.19. The Bertz CT molecular complexity index is 1180. The van der Waals surface area contributed by atoms with E-state index >= 15 is 0 Å². The Labute approximate surface area is 179 Å². The number of morpholine rings is 1. The first-order valence-electron chi connectivity index (χ1n) is 9.96. The first-order chi connectivity index (χ1) is 15.0. The summed E-state index contributed by atoms with van der Waals surface area (Å²) < 4.78 is 10.5. The number of ether oxygens (including phenoxy) is 2. The molecule has 31 heavy (non-hydrogen) atoms. The second-order valence-corrected chi connectivity index (χ2v) is 7.19. The number of anilines is 1. The minimum Gasteiger partial charge on any atom is -0.497 e. The lowest BCUT2D eigenvalue weighted by molar-refractivity contribution is 0.0303. The monoisotopic (exact) mass is 420 g/mol. The van der Waals surface area contributed by atoms with Crippen LogP contribution < -0.4 is 21.3 Å². The number of methoxy groups -OCH3 is 1. The van der Waals surface area contributed by atoms with Crippen molar-refractivity contribution in [1.82, 2.24) is 9.88 Å². The van der Waals surface area contributed by atoms with Gasteiger partial charge in [-0.15, -0.1) is 0 Å². The molecular weight excluding hydrogens is 396 g/mol. The van der Waals surface area contributed by atoms with Crippen molar-refractivity contribution in [1.29, 1.82) is 0 Å². The number of hydrogen-bond acceptors (Lipinski definition) is 6. The van der Waals surface area contributed by atoms with Crippen molar-refractivity contribution >= 4 is 28.2 Å². The van der Waals surface area contributed by atoms with E-state index in [0.717, 1.165) is 11.1 Å². The Balaban J connectivity index is 1.48. The third-order valence-corrected chi connectivity index (χ3v) is 5.19. The number of H-pyrrole nitrogens is 1. The molecule has 0 spiro atoms. The first kappa shape index (κ1) is 20.5. The lowest BCUT2D eigenvalue weighted by Gasteiger charge is -2.26. The molecule has 1 fully saturated rings. The van der Waals surface area contributed by atoms with Crippen LogP contribution in [0.25, 0.3) is 16.6 Å². The molecule has 0 radical (unpaired) electrons. The molecule has 1 saturated heterocycles. The topological polar surface area (TPSA) is 110 Å². The Morgan fingerprint density at radius 2 is 1.90 bits per heavy atom. The predicted molar refractivity (Wildman–Crippen MR) is 120 cm³/mol. The van der Waals surface area contributed by atoms with Crippen LogP contribution in [0.3, 0.4) is 0 Å². The van der Waals surface area contributed by atoms with Gasteiger partial charge in [0.15, 0.2) is 0 Å². The van der Waals surface area contributed by atoms with Gasteiger partial charge in [0.05, 0.1) is 37.1 Å². The maximum Gasteiger partial charge on any atom is 0.257 e. The molecule has 1 aliphatic rings. The van der Waals surface area contributed by atoms with Gasteiger partial charge in [0, 0.05) is 36.6 Å². The van der Waals surface area contributed by atoms with Gasteiger partial charge in [0.2, 0.25) is 0 Å². The lowest BCUT2D eigenvalue weighted by atomic mass is 10.1. The van der Waals surface area contributed by atoms with Crippen LogP contribution in [0.5, 0.6) is 5.75 Å². The van der Waals surface area contributed by atoms with Crippen molar-refractivity contribution in [2.24, 2.45) is 5.73 Å². The zero-order valence-electron chi connectivity index (χ0n) is 17.2. The number of carbonyl (C=O) groups is 1. The van der Waals surface area contributed by atoms with Gasteiger partial charge in [-0.2, -0.15) is 0 Å². The number of pyridine rings is 1. The fraction of sp³-hybridized carbons (Fsp3) is 0.217. The number of rotatable bonds is 5. The molecule has 8 nitrogen and oxygen atoms in total. The number of nitrogens with two attached hydrogens (primary N) is 1. The van der Waals surface area contributed by atoms with E-state index in [1.54, 1.807) is 54.6 Å². The van der Waals surface area contributed by atoms with Crippen LogP contribution in [-0.4, -0.2) is 49.2 Å². The molecule has 2 aromatic carbocycles. The average Bonchev–Trinajstić information content (AvgIpc) is 2.82. The van der Waals surface area contributed by atoms with Gasteiger partial charge in [0.25, 0.3) is 11.5 Å². The molecule has 4 rings (SSSR count). The number of aromatic nitrogens is 1. The Hall–Kier alpha value is -3.78. The van der Waals surface area contributed by atoms with Gasteiger partial charge in [-0.25, -0.2) is 0 Å². The molecule has 1 aromatic heterocycles. The molecule has 0 saturated carbocycles. The molecule has 3 aromatic rings. The van der Waals surface area contributed by atoms with E-state index in [9.17, 15) is 9.59 Å². The molecule has 1 amide bonds. The molecule has 0 aliphatic carbocycles. The Morgan fingerprint density at radius 3 is 2.61 bits per heavy atom. The Kier molecular flexibility index (Phi) is 5.90. The third kappa shape index (κ3) is 4.54. The molecule has 2 heterocycles. The summed E-state index contributed by atoms with van der Waals surface area (Å²) in [6.45, 7) is 2.34. The van der Waals surface area contributed by atoms with Gasteiger partial charge in [-0.05, 0) is 47.9 Å². The summed E-state index contributed by atoms with van der Waals surface area (Å²) >= 11 is 0. The first-order valence-corrected chi connectivity index (χ1v) is 9.96. The van der Waals surface area contributed by atoms with E-state index in [1.165, 1.54) is 0 Å². The average molecular weight is 420 g/mol. The normalized spacial score (nSPS) is 14.5. The minimum atomic E-state index is -0.289. The van der Waals surface area contributed by atoms with Crippen LogP contribution in [0.1, 0.15) is 15.9 Å². The summed E-state index contributed by atoms with van der Waals surface area (Å²) in [5, 5.41) is 3.92. The number of nitrogens with zero attached hydrogens (tertiary/aromatic N) is 1. The lowest BCUT2D eigenvalue weighted by Crippen LogP contribution is -2.40. The van der Waals surface area contributed by atoms with Crippen LogP contribution in [0.4, 0.5) is 5.69 Å². The Morgan fingerprint density at radius 1 is 1.16 bits per heavy atom. The summed E-state index contributed by atoms with van der Waals surface area (Å²) in [6, 6.07) is 14.3. The van der Waals surface area contributed by atoms with E-state index < -0.39 is 0 Å². The minimum absolute atomic E-state index is 0.00997. The standard InChI is InChI=1S/C23H24N4O4/c1-30-18-7-4-16-12-19(22(28)26-21(16)13-18)20(24)14-25-17-5-2-15(3-6-17)23(29)27-8-10-31-11-9-27/h2-7,12-14,25H,8-11,24H2,1H3,(H,26,28)/b20-14-. The number of nitrogens with one attached hydrogen (secondary N) is 2. The summed E-state index contributed by atoms with van der Waals surface area (Å²) in [4.78, 5) is 29.6. The second kappa shape index (κ2) is 8.93. The zero-order valence-corrected chi connectivity index (χ0v) is 17.2. The fourth-order valence-electron chi connectivity index (χ4n) is 3.42. The molecule has 4 N–H and O–H groups in total. The van der Waals surface area contributed by atoms with E-state index in [1.807, 2.05) is 12.1 Å². The number of fused-ring (bicyclic) bond motifs is 1. The number of hydrogen-bond donors (Lipinski definition) is 3. The SMILES string of the molecule is COc1ccc2cc(/C(N)=C/Nc3ccc(C(=O)N4CCOCC4)cc3)c(=O)[nH]c2c1. The highest BCUT2D eigenvalue weighted by Gasteiger charge is 2.18. The van der Waals surface area contributed by atoms with Crippen LogP contribution in [-0.2, 0) is 4.74 Å². The molecule has 0 bridgehead atoms. The van der Waals surface area contributed by atoms with Crippen LogP contribution in [0, 0.1) is 0 Å². The smallest absolute Gasteiger partial charge is 0.257 e. The van der Waals surface area contributed by atoms with Crippen LogP contribution in [0.15, 0.2) is 59.5 Å². The molecular formula is C23H24N4O4. The van der Waals surface area contributed by atoms with Gasteiger partial charge in [0.1, 0.15) is 5.75 Å². The van der Waals surface area contributed by atoms with Gasteiger partial charge in [-0.3, -0.25) is 9.59 Å². The molecule has 160 valence electrons. The zero-order chi connectivity index (χ0) is 21.8. The molecule has 0 unspecified atom stereocenters. The van der Waals surface area contributed by atoms with Crippen LogP contribution in [0.2, 0.25) is 0 Å². The van der Waals surface area contributed by atoms with Gasteiger partial charge < -0.3 is 30.4 Å². The maximum absolute atomic E-state index is 12.5. The predicted octanol–water partition coefficient (Wildman–Crippen LogP) is 2.38. The fourth-order valence-corrected chi connectivity index (χ4v) is 3.42. The number of amides is 1. The van der Waals surface area contributed by atoms with Gasteiger partial charge >= 0.3 is 0 Å². The van der Waals surface area contributed by atoms with Gasteiger partial charge in [-0.1, -0.05) is 0 Å². The van der Waals surface area contributed by atoms with Crippen molar-refractivity contribution in [3.05, 3.63) is 76.2 Å². The van der Waals surface area contributed by atoms with E-state index in [2.05, 4.69) is 10.3 Å². The van der Waals surface area contributed by atoms with Crippen molar-refractivity contribution in [3.8, 4) is 5.75 Å². The van der Waals surface area contributed by atoms with E-state index in [0.29, 0.717) is 54.4 Å². The van der Waals surface area contributed by atoms with E-state index in [-0.39, 0.29) is 11.5 Å². The van der Waals surface area contributed by atoms with Crippen molar-refractivity contribution in [2.75, 3.05) is 38.7 Å². The molecule has 8 heteroatoms. The summed E-state index contributed by atoms with van der Waals surface area (Å²) in [6.07, 6.45) is 1.57. The summed E-state index contributed by atoms with van der Waals surface area (Å²) in [5.41, 5.74) is 8.57. The highest BCUT2D eigenvalue weighted by Crippen LogP contribution is 2.20. The number of benzene rings is 2. The molecule has 0 atom stereocenters. The van der Waals surface area contributed by atoms with Crippen LogP contribution >= 0.6 is 0 Å². The maximum atomic E-state index is 12.5. The third-order valence-electron chi connectivity index (χ3n) is 5.19. The summed E-state index contributed by atoms with van der Waals surface area (Å²) in [7, 11) is 1.57. The highest BCUT2D eigenvalue weighted by atomic mass is 16.5.